The average molecular weight is 340 g/mol. The van der Waals surface area contributed by atoms with Gasteiger partial charge < -0.3 is 10.1 Å². The maximum absolute atomic E-state index is 6.07. The lowest BCUT2D eigenvalue weighted by atomic mass is 9.86. The zero-order valence-electron chi connectivity index (χ0n) is 12.8. The van der Waals surface area contributed by atoms with Crippen LogP contribution in [0.4, 0.5) is 0 Å². The van der Waals surface area contributed by atoms with Gasteiger partial charge in [-0.25, -0.2) is 0 Å². The third-order valence-electron chi connectivity index (χ3n) is 3.93. The highest BCUT2D eigenvalue weighted by Crippen LogP contribution is 2.33. The second-order valence-electron chi connectivity index (χ2n) is 6.74. The van der Waals surface area contributed by atoms with Crippen LogP contribution in [0, 0.1) is 5.92 Å². The molecule has 0 amide bonds. The summed E-state index contributed by atoms with van der Waals surface area (Å²) >= 11 is 3.56. The van der Waals surface area contributed by atoms with Crippen molar-refractivity contribution in [3.63, 3.8) is 0 Å². The van der Waals surface area contributed by atoms with E-state index in [4.69, 9.17) is 4.74 Å². The minimum Gasteiger partial charge on any atom is -0.493 e. The number of hydrogen-bond donors (Lipinski definition) is 1. The van der Waals surface area contributed by atoms with E-state index in [2.05, 4.69) is 60.2 Å². The number of benzene rings is 1. The maximum atomic E-state index is 6.07. The first-order valence-electron chi connectivity index (χ1n) is 7.60. The summed E-state index contributed by atoms with van der Waals surface area (Å²) in [6, 6.07) is 6.33. The summed E-state index contributed by atoms with van der Waals surface area (Å²) in [4.78, 5) is 0. The Hall–Kier alpha value is -0.540. The van der Waals surface area contributed by atoms with E-state index in [1.165, 1.54) is 24.9 Å². The predicted molar refractivity (Wildman–Crippen MR) is 88.5 cm³/mol. The van der Waals surface area contributed by atoms with Crippen molar-refractivity contribution in [2.75, 3.05) is 19.7 Å². The van der Waals surface area contributed by atoms with Crippen LogP contribution in [0.2, 0.25) is 0 Å². The van der Waals surface area contributed by atoms with Crippen molar-refractivity contribution in [1.82, 2.24) is 5.32 Å². The van der Waals surface area contributed by atoms with Gasteiger partial charge in [-0.05, 0) is 61.9 Å². The first-order valence-corrected chi connectivity index (χ1v) is 8.39. The molecule has 1 aliphatic heterocycles. The molecule has 1 saturated heterocycles. The molecule has 1 atom stereocenters. The third-order valence-corrected chi connectivity index (χ3v) is 4.43. The number of nitrogens with one attached hydrogen (secondary N) is 1. The fraction of sp³-hybridized carbons (Fsp3) is 0.647. The molecule has 0 bridgehead atoms. The van der Waals surface area contributed by atoms with Gasteiger partial charge in [0.05, 0.1) is 6.61 Å². The van der Waals surface area contributed by atoms with Crippen molar-refractivity contribution < 1.29 is 4.74 Å². The molecule has 20 heavy (non-hydrogen) atoms. The fourth-order valence-electron chi connectivity index (χ4n) is 2.72. The summed E-state index contributed by atoms with van der Waals surface area (Å²) in [6.45, 7) is 9.83. The minimum atomic E-state index is 0.103. The van der Waals surface area contributed by atoms with Crippen LogP contribution in [0.15, 0.2) is 22.7 Å². The van der Waals surface area contributed by atoms with E-state index in [0.29, 0.717) is 0 Å². The normalized spacial score (nSPS) is 19.9. The molecule has 2 rings (SSSR count). The Kier molecular flexibility index (Phi) is 5.50. The van der Waals surface area contributed by atoms with E-state index in [-0.39, 0.29) is 5.41 Å². The SMILES string of the molecule is CC(C)(C)c1cc(Br)ccc1OCCC1CCCNC1. The van der Waals surface area contributed by atoms with Crippen LogP contribution < -0.4 is 10.1 Å². The molecule has 1 fully saturated rings. The van der Waals surface area contributed by atoms with Gasteiger partial charge >= 0.3 is 0 Å². The maximum Gasteiger partial charge on any atom is 0.123 e. The topological polar surface area (TPSA) is 21.3 Å². The lowest BCUT2D eigenvalue weighted by molar-refractivity contribution is 0.250. The standard InChI is InChI=1S/C17H26BrNO/c1-17(2,3)15-11-14(18)6-7-16(15)20-10-8-13-5-4-9-19-12-13/h6-7,11,13,19H,4-5,8-10,12H2,1-3H3. The molecule has 1 aromatic carbocycles. The van der Waals surface area contributed by atoms with E-state index >= 15 is 0 Å². The Morgan fingerprint density at radius 1 is 1.35 bits per heavy atom. The van der Waals surface area contributed by atoms with Gasteiger partial charge in [0.25, 0.3) is 0 Å². The summed E-state index contributed by atoms with van der Waals surface area (Å²) in [5, 5.41) is 3.46. The summed E-state index contributed by atoms with van der Waals surface area (Å²) in [7, 11) is 0. The van der Waals surface area contributed by atoms with Crippen molar-refractivity contribution in [2.45, 2.75) is 45.4 Å². The predicted octanol–water partition coefficient (Wildman–Crippen LogP) is 4.52. The van der Waals surface area contributed by atoms with Crippen LogP contribution in [-0.4, -0.2) is 19.7 Å². The summed E-state index contributed by atoms with van der Waals surface area (Å²) in [5.41, 5.74) is 1.37. The highest BCUT2D eigenvalue weighted by Gasteiger charge is 2.20. The third kappa shape index (κ3) is 4.49. The van der Waals surface area contributed by atoms with Gasteiger partial charge in [0.15, 0.2) is 0 Å². The average Bonchev–Trinajstić information content (AvgIpc) is 2.40. The van der Waals surface area contributed by atoms with Crippen molar-refractivity contribution >= 4 is 15.9 Å². The molecule has 0 spiro atoms. The first-order chi connectivity index (χ1) is 9.47. The van der Waals surface area contributed by atoms with Crippen LogP contribution in [0.3, 0.4) is 0 Å². The van der Waals surface area contributed by atoms with E-state index in [0.717, 1.165) is 35.7 Å². The molecule has 0 aliphatic carbocycles. The molecule has 2 nitrogen and oxygen atoms in total. The Labute approximate surface area is 131 Å². The van der Waals surface area contributed by atoms with Crippen molar-refractivity contribution in [3.05, 3.63) is 28.2 Å². The largest absolute Gasteiger partial charge is 0.493 e. The van der Waals surface area contributed by atoms with Crippen LogP contribution in [-0.2, 0) is 5.41 Å². The van der Waals surface area contributed by atoms with E-state index < -0.39 is 0 Å². The molecular formula is C17H26BrNO. The minimum absolute atomic E-state index is 0.103. The molecular weight excluding hydrogens is 314 g/mol. The zero-order valence-corrected chi connectivity index (χ0v) is 14.4. The van der Waals surface area contributed by atoms with Crippen LogP contribution in [0.1, 0.15) is 45.6 Å². The van der Waals surface area contributed by atoms with E-state index in [1.807, 2.05) is 0 Å². The molecule has 1 heterocycles. The molecule has 0 aromatic heterocycles. The number of halogens is 1. The number of rotatable bonds is 4. The zero-order chi connectivity index (χ0) is 14.6. The molecule has 1 unspecified atom stereocenters. The number of hydrogen-bond acceptors (Lipinski definition) is 2. The molecule has 1 aliphatic rings. The molecule has 0 saturated carbocycles. The van der Waals surface area contributed by atoms with Gasteiger partial charge in [0, 0.05) is 10.0 Å². The summed E-state index contributed by atoms with van der Waals surface area (Å²) < 4.78 is 7.19. The second kappa shape index (κ2) is 6.95. The summed E-state index contributed by atoms with van der Waals surface area (Å²) in [5.74, 6) is 1.81. The summed E-state index contributed by atoms with van der Waals surface area (Å²) in [6.07, 6.45) is 3.78. The van der Waals surface area contributed by atoms with Crippen molar-refractivity contribution in [2.24, 2.45) is 5.92 Å². The lowest BCUT2D eigenvalue weighted by Gasteiger charge is -2.25. The molecule has 0 radical (unpaired) electrons. The first kappa shape index (κ1) is 15.8. The lowest BCUT2D eigenvalue weighted by Crippen LogP contribution is -2.30. The van der Waals surface area contributed by atoms with Crippen molar-refractivity contribution in [3.8, 4) is 5.75 Å². The highest BCUT2D eigenvalue weighted by molar-refractivity contribution is 9.10. The molecule has 3 heteroatoms. The Morgan fingerprint density at radius 3 is 2.80 bits per heavy atom. The molecule has 112 valence electrons. The second-order valence-corrected chi connectivity index (χ2v) is 7.66. The Bertz CT molecular complexity index is 433. The van der Waals surface area contributed by atoms with E-state index in [9.17, 15) is 0 Å². The monoisotopic (exact) mass is 339 g/mol. The number of piperidine rings is 1. The quantitative estimate of drug-likeness (QED) is 0.870. The highest BCUT2D eigenvalue weighted by atomic mass is 79.9. The van der Waals surface area contributed by atoms with Gasteiger partial charge in [-0.3, -0.25) is 0 Å². The molecule has 1 N–H and O–H groups in total. The fourth-order valence-corrected chi connectivity index (χ4v) is 3.08. The Balaban J connectivity index is 1.95. The van der Waals surface area contributed by atoms with Gasteiger partial charge in [-0.15, -0.1) is 0 Å². The van der Waals surface area contributed by atoms with Crippen LogP contribution >= 0.6 is 15.9 Å². The Morgan fingerprint density at radius 2 is 2.15 bits per heavy atom. The molecule has 1 aromatic rings. The van der Waals surface area contributed by atoms with Gasteiger partial charge in [-0.2, -0.15) is 0 Å². The van der Waals surface area contributed by atoms with Gasteiger partial charge in [0.1, 0.15) is 5.75 Å². The van der Waals surface area contributed by atoms with Crippen LogP contribution in [0.25, 0.3) is 0 Å². The van der Waals surface area contributed by atoms with E-state index in [1.54, 1.807) is 0 Å². The number of ether oxygens (including phenoxy) is 1. The van der Waals surface area contributed by atoms with Gasteiger partial charge in [-0.1, -0.05) is 36.7 Å². The van der Waals surface area contributed by atoms with Crippen molar-refractivity contribution in [1.29, 1.82) is 0 Å². The van der Waals surface area contributed by atoms with Crippen LogP contribution in [0.5, 0.6) is 5.75 Å². The van der Waals surface area contributed by atoms with Gasteiger partial charge in [0.2, 0.25) is 0 Å². The smallest absolute Gasteiger partial charge is 0.123 e.